The van der Waals surface area contributed by atoms with Gasteiger partial charge in [0.2, 0.25) is 5.91 Å². The molecule has 2 N–H and O–H groups in total. The number of carbonyl (C=O) groups is 2. The minimum atomic E-state index is -0.866. The predicted molar refractivity (Wildman–Crippen MR) is 66.6 cm³/mol. The summed E-state index contributed by atoms with van der Waals surface area (Å²) in [5, 5.41) is 9.38. The molecule has 1 aliphatic rings. The molecule has 1 aromatic rings. The van der Waals surface area contributed by atoms with Crippen LogP contribution in [-0.2, 0) is 9.59 Å². The Labute approximate surface area is 106 Å². The van der Waals surface area contributed by atoms with Gasteiger partial charge < -0.3 is 5.11 Å². The Balaban J connectivity index is 2.00. The molecule has 5 heteroatoms. The van der Waals surface area contributed by atoms with Crippen molar-refractivity contribution in [2.75, 3.05) is 5.43 Å². The Morgan fingerprint density at radius 1 is 1.17 bits per heavy atom. The highest BCUT2D eigenvalue weighted by Crippen LogP contribution is 2.39. The van der Waals surface area contributed by atoms with Crippen molar-refractivity contribution in [3.63, 3.8) is 0 Å². The van der Waals surface area contributed by atoms with Crippen molar-refractivity contribution in [3.05, 3.63) is 24.5 Å². The molecule has 1 heterocycles. The van der Waals surface area contributed by atoms with Crippen molar-refractivity contribution >= 4 is 11.9 Å². The van der Waals surface area contributed by atoms with Crippen LogP contribution in [-0.4, -0.2) is 21.7 Å². The first-order valence-corrected chi connectivity index (χ1v) is 6.29. The molecule has 0 unspecified atom stereocenters. The number of carbonyl (C=O) groups excluding carboxylic acids is 1. The number of nitrogens with zero attached hydrogens (tertiary/aromatic N) is 1. The van der Waals surface area contributed by atoms with E-state index in [0.29, 0.717) is 12.8 Å². The van der Waals surface area contributed by atoms with Crippen LogP contribution in [0.4, 0.5) is 0 Å². The van der Waals surface area contributed by atoms with Crippen LogP contribution >= 0.6 is 0 Å². The van der Waals surface area contributed by atoms with E-state index in [2.05, 4.69) is 5.43 Å². The molecule has 0 saturated heterocycles. The first kappa shape index (κ1) is 12.7. The van der Waals surface area contributed by atoms with E-state index in [0.717, 1.165) is 19.3 Å². The molecule has 0 bridgehead atoms. The fourth-order valence-corrected chi connectivity index (χ4v) is 2.59. The van der Waals surface area contributed by atoms with Gasteiger partial charge in [0, 0.05) is 18.8 Å². The van der Waals surface area contributed by atoms with Gasteiger partial charge in [0.25, 0.3) is 0 Å². The minimum absolute atomic E-state index is 0.0561. The summed E-state index contributed by atoms with van der Waals surface area (Å²) < 4.78 is 1.54. The SMILES string of the molecule is O=C(CC1(C(=O)O)CCCCC1)Nn1cccc1. The van der Waals surface area contributed by atoms with E-state index in [9.17, 15) is 14.7 Å². The van der Waals surface area contributed by atoms with Gasteiger partial charge in [0.15, 0.2) is 0 Å². The number of aliphatic carboxylic acids is 1. The average molecular weight is 250 g/mol. The van der Waals surface area contributed by atoms with Crippen LogP contribution in [0.3, 0.4) is 0 Å². The third kappa shape index (κ3) is 2.72. The Morgan fingerprint density at radius 2 is 1.78 bits per heavy atom. The lowest BCUT2D eigenvalue weighted by atomic mass is 9.72. The summed E-state index contributed by atoms with van der Waals surface area (Å²) in [5.41, 5.74) is 1.80. The second-order valence-electron chi connectivity index (χ2n) is 4.95. The van der Waals surface area contributed by atoms with Gasteiger partial charge in [-0.1, -0.05) is 19.3 Å². The lowest BCUT2D eigenvalue weighted by molar-refractivity contribution is -0.153. The molecule has 0 radical (unpaired) electrons. The summed E-state index contributed by atoms with van der Waals surface area (Å²) >= 11 is 0. The normalized spacial score (nSPS) is 18.2. The predicted octanol–water partition coefficient (Wildman–Crippen LogP) is 1.98. The van der Waals surface area contributed by atoms with E-state index in [1.54, 1.807) is 29.2 Å². The van der Waals surface area contributed by atoms with E-state index in [1.165, 1.54) is 0 Å². The third-order valence-electron chi connectivity index (χ3n) is 3.62. The first-order valence-electron chi connectivity index (χ1n) is 6.29. The van der Waals surface area contributed by atoms with E-state index in [4.69, 9.17) is 0 Å². The lowest BCUT2D eigenvalue weighted by Gasteiger charge is -2.32. The van der Waals surface area contributed by atoms with Crippen LogP contribution in [0.15, 0.2) is 24.5 Å². The van der Waals surface area contributed by atoms with Gasteiger partial charge >= 0.3 is 5.97 Å². The van der Waals surface area contributed by atoms with Gasteiger partial charge in [-0.15, -0.1) is 0 Å². The zero-order valence-electron chi connectivity index (χ0n) is 10.3. The van der Waals surface area contributed by atoms with E-state index >= 15 is 0 Å². The van der Waals surface area contributed by atoms with Crippen LogP contribution in [0, 0.1) is 5.41 Å². The Kier molecular flexibility index (Phi) is 3.69. The molecule has 98 valence electrons. The molecule has 1 fully saturated rings. The maximum absolute atomic E-state index is 11.9. The summed E-state index contributed by atoms with van der Waals surface area (Å²) in [6.45, 7) is 0. The number of carboxylic acid groups (broad SMARTS) is 1. The highest BCUT2D eigenvalue weighted by Gasteiger charge is 2.41. The van der Waals surface area contributed by atoms with Crippen LogP contribution in [0.5, 0.6) is 0 Å². The molecule has 0 aliphatic heterocycles. The maximum Gasteiger partial charge on any atom is 0.310 e. The minimum Gasteiger partial charge on any atom is -0.481 e. The van der Waals surface area contributed by atoms with Crippen molar-refractivity contribution in [2.24, 2.45) is 5.41 Å². The Morgan fingerprint density at radius 3 is 2.33 bits per heavy atom. The number of hydrogen-bond acceptors (Lipinski definition) is 2. The number of hydrogen-bond donors (Lipinski definition) is 2. The van der Waals surface area contributed by atoms with Crippen LogP contribution in [0.2, 0.25) is 0 Å². The molecule has 0 aromatic carbocycles. The van der Waals surface area contributed by atoms with E-state index < -0.39 is 11.4 Å². The van der Waals surface area contributed by atoms with Gasteiger partial charge in [0.1, 0.15) is 0 Å². The zero-order valence-corrected chi connectivity index (χ0v) is 10.3. The number of rotatable bonds is 4. The molecule has 1 aliphatic carbocycles. The number of nitrogens with one attached hydrogen (secondary N) is 1. The van der Waals surface area contributed by atoms with Crippen LogP contribution in [0.25, 0.3) is 0 Å². The molecule has 1 saturated carbocycles. The highest BCUT2D eigenvalue weighted by atomic mass is 16.4. The van der Waals surface area contributed by atoms with Crippen LogP contribution < -0.4 is 5.43 Å². The molecule has 0 atom stereocenters. The summed E-state index contributed by atoms with van der Waals surface area (Å²) in [5.74, 6) is -1.08. The molecule has 18 heavy (non-hydrogen) atoms. The fourth-order valence-electron chi connectivity index (χ4n) is 2.59. The zero-order chi connectivity index (χ0) is 13.0. The monoisotopic (exact) mass is 250 g/mol. The van der Waals surface area contributed by atoms with Gasteiger partial charge in [0.05, 0.1) is 5.41 Å². The molecule has 1 amide bonds. The number of aromatic nitrogens is 1. The highest BCUT2D eigenvalue weighted by molar-refractivity contribution is 5.89. The largest absolute Gasteiger partial charge is 0.481 e. The summed E-state index contributed by atoms with van der Waals surface area (Å²) in [4.78, 5) is 23.3. The van der Waals surface area contributed by atoms with Gasteiger partial charge in [-0.3, -0.25) is 19.7 Å². The molecule has 2 rings (SSSR count). The van der Waals surface area contributed by atoms with Crippen molar-refractivity contribution in [3.8, 4) is 0 Å². The smallest absolute Gasteiger partial charge is 0.310 e. The van der Waals surface area contributed by atoms with Gasteiger partial charge in [-0.2, -0.15) is 0 Å². The topological polar surface area (TPSA) is 71.3 Å². The summed E-state index contributed by atoms with van der Waals surface area (Å²) in [6.07, 6.45) is 7.53. The standard InChI is InChI=1S/C13H18N2O3/c16-11(14-15-8-4-5-9-15)10-13(12(17)18)6-2-1-3-7-13/h4-5,8-9H,1-3,6-7,10H2,(H,14,16)(H,17,18). The number of carboxylic acids is 1. The van der Waals surface area contributed by atoms with E-state index in [1.807, 2.05) is 0 Å². The van der Waals surface area contributed by atoms with Crippen molar-refractivity contribution in [1.29, 1.82) is 0 Å². The quantitative estimate of drug-likeness (QED) is 0.858. The van der Waals surface area contributed by atoms with Crippen LogP contribution in [0.1, 0.15) is 38.5 Å². The average Bonchev–Trinajstić information content (AvgIpc) is 2.82. The van der Waals surface area contributed by atoms with Gasteiger partial charge in [-0.05, 0) is 25.0 Å². The van der Waals surface area contributed by atoms with E-state index in [-0.39, 0.29) is 12.3 Å². The van der Waals surface area contributed by atoms with Crippen molar-refractivity contribution in [1.82, 2.24) is 4.68 Å². The number of amides is 1. The molecular weight excluding hydrogens is 232 g/mol. The van der Waals surface area contributed by atoms with Crippen molar-refractivity contribution in [2.45, 2.75) is 38.5 Å². The fraction of sp³-hybridized carbons (Fsp3) is 0.538. The maximum atomic E-state index is 11.9. The Bertz CT molecular complexity index is 419. The molecule has 1 aromatic heterocycles. The molecule has 0 spiro atoms. The van der Waals surface area contributed by atoms with Gasteiger partial charge in [-0.25, -0.2) is 0 Å². The van der Waals surface area contributed by atoms with Crippen molar-refractivity contribution < 1.29 is 14.7 Å². The molecular formula is C13H18N2O3. The first-order chi connectivity index (χ1) is 8.62. The summed E-state index contributed by atoms with van der Waals surface area (Å²) in [6, 6.07) is 3.60. The second kappa shape index (κ2) is 5.25. The molecule has 5 nitrogen and oxygen atoms in total. The summed E-state index contributed by atoms with van der Waals surface area (Å²) in [7, 11) is 0. The lowest BCUT2D eigenvalue weighted by Crippen LogP contribution is -2.38. The third-order valence-corrected chi connectivity index (χ3v) is 3.62. The Hall–Kier alpha value is -1.78. The second-order valence-corrected chi connectivity index (χ2v) is 4.95.